The Bertz CT molecular complexity index is 876. The Morgan fingerprint density at radius 1 is 1.07 bits per heavy atom. The molecule has 3 unspecified atom stereocenters. The summed E-state index contributed by atoms with van der Waals surface area (Å²) in [5.74, 6) is 3.25. The Kier molecular flexibility index (Phi) is 8.36. The van der Waals surface area contributed by atoms with Crippen LogP contribution in [0.4, 0.5) is 0 Å². The van der Waals surface area contributed by atoms with Crippen molar-refractivity contribution >= 4 is 17.6 Å². The van der Waals surface area contributed by atoms with Crippen molar-refractivity contribution in [3.05, 3.63) is 71.3 Å². The predicted octanol–water partition coefficient (Wildman–Crippen LogP) is 6.75. The molecule has 0 heterocycles. The Labute approximate surface area is 178 Å². The summed E-state index contributed by atoms with van der Waals surface area (Å²) in [6, 6.07) is 16.7. The van der Waals surface area contributed by atoms with E-state index in [2.05, 4.69) is 5.92 Å². The van der Waals surface area contributed by atoms with Gasteiger partial charge in [-0.3, -0.25) is 4.79 Å². The van der Waals surface area contributed by atoms with Crippen molar-refractivity contribution < 1.29 is 14.3 Å². The van der Waals surface area contributed by atoms with Gasteiger partial charge in [0.15, 0.2) is 6.10 Å². The lowest BCUT2D eigenvalue weighted by Crippen LogP contribution is -2.29. The van der Waals surface area contributed by atoms with Gasteiger partial charge in [0.2, 0.25) is 0 Å². The van der Waals surface area contributed by atoms with E-state index < -0.39 is 6.10 Å². The Balaban J connectivity index is 2.18. The maximum atomic E-state index is 12.9. The molecule has 0 saturated carbocycles. The van der Waals surface area contributed by atoms with Crippen molar-refractivity contribution in [3.8, 4) is 23.8 Å². The molecule has 0 amide bonds. The van der Waals surface area contributed by atoms with E-state index in [1.165, 1.54) is 0 Å². The van der Waals surface area contributed by atoms with Crippen molar-refractivity contribution in [2.45, 2.75) is 33.8 Å². The summed E-state index contributed by atoms with van der Waals surface area (Å²) in [5.41, 5.74) is 0.688. The number of terminal acetylenes is 1. The van der Waals surface area contributed by atoms with Gasteiger partial charge in [0.1, 0.15) is 11.5 Å². The smallest absolute Gasteiger partial charge is 0.311 e. The Morgan fingerprint density at radius 2 is 1.72 bits per heavy atom. The first-order chi connectivity index (χ1) is 13.8. The zero-order valence-electron chi connectivity index (χ0n) is 17.3. The number of carbonyl (C=O) groups is 1. The minimum absolute atomic E-state index is 0.0637. The van der Waals surface area contributed by atoms with Gasteiger partial charge in [-0.1, -0.05) is 74.7 Å². The average molecular weight is 411 g/mol. The average Bonchev–Trinajstić information content (AvgIpc) is 2.66. The summed E-state index contributed by atoms with van der Waals surface area (Å²) < 4.78 is 11.6. The summed E-state index contributed by atoms with van der Waals surface area (Å²) >= 11 is 6.00. The van der Waals surface area contributed by atoms with Gasteiger partial charge in [-0.2, -0.15) is 0 Å². The van der Waals surface area contributed by atoms with Crippen LogP contribution in [0.15, 0.2) is 65.7 Å². The van der Waals surface area contributed by atoms with Crippen molar-refractivity contribution in [3.63, 3.8) is 0 Å². The number of hydrogen-bond acceptors (Lipinski definition) is 3. The zero-order valence-corrected chi connectivity index (χ0v) is 18.0. The molecule has 152 valence electrons. The lowest BCUT2D eigenvalue weighted by Gasteiger charge is -2.25. The highest BCUT2D eigenvalue weighted by Gasteiger charge is 2.30. The van der Waals surface area contributed by atoms with Crippen molar-refractivity contribution in [1.29, 1.82) is 0 Å². The standard InChI is InChI=1S/C25H27ClO3/c1-6-23(29-25(27)24(17(2)3)18(4)15-19(5)26)20-11-10-14-22(16-20)28-21-12-8-7-9-13-21/h1,7-18,23-24H,2-5H3. The molecule has 0 saturated heterocycles. The van der Waals surface area contributed by atoms with E-state index in [0.717, 1.165) is 5.75 Å². The fourth-order valence-corrected chi connectivity index (χ4v) is 3.52. The zero-order chi connectivity index (χ0) is 21.4. The first-order valence-electron chi connectivity index (χ1n) is 9.65. The minimum atomic E-state index is -0.795. The molecule has 0 radical (unpaired) electrons. The van der Waals surface area contributed by atoms with E-state index >= 15 is 0 Å². The van der Waals surface area contributed by atoms with E-state index in [9.17, 15) is 4.79 Å². The maximum absolute atomic E-state index is 12.9. The lowest BCUT2D eigenvalue weighted by atomic mass is 9.84. The monoisotopic (exact) mass is 410 g/mol. The largest absolute Gasteiger partial charge is 0.457 e. The highest BCUT2D eigenvalue weighted by atomic mass is 35.5. The van der Waals surface area contributed by atoms with Crippen LogP contribution in [-0.4, -0.2) is 5.97 Å². The van der Waals surface area contributed by atoms with Gasteiger partial charge in [0, 0.05) is 10.6 Å². The van der Waals surface area contributed by atoms with Crippen LogP contribution in [0.5, 0.6) is 11.5 Å². The van der Waals surface area contributed by atoms with Crippen LogP contribution in [0, 0.1) is 30.1 Å². The topological polar surface area (TPSA) is 35.5 Å². The van der Waals surface area contributed by atoms with Gasteiger partial charge in [0.05, 0.1) is 5.92 Å². The number of esters is 1. The number of benzene rings is 2. The number of para-hydroxylation sites is 1. The predicted molar refractivity (Wildman–Crippen MR) is 118 cm³/mol. The number of halogens is 1. The third-order valence-electron chi connectivity index (χ3n) is 4.57. The van der Waals surface area contributed by atoms with E-state index in [1.807, 2.05) is 75.4 Å². The van der Waals surface area contributed by atoms with Gasteiger partial charge in [0.25, 0.3) is 0 Å². The minimum Gasteiger partial charge on any atom is -0.457 e. The molecule has 0 bridgehead atoms. The summed E-state index contributed by atoms with van der Waals surface area (Å²) in [4.78, 5) is 12.9. The molecule has 2 rings (SSSR count). The van der Waals surface area contributed by atoms with Gasteiger partial charge in [-0.15, -0.1) is 6.42 Å². The quantitative estimate of drug-likeness (QED) is 0.356. The molecule has 0 aliphatic rings. The molecular formula is C25H27ClO3. The Hall–Kier alpha value is -2.70. The van der Waals surface area contributed by atoms with Gasteiger partial charge < -0.3 is 9.47 Å². The number of ether oxygens (including phenoxy) is 2. The number of allylic oxidation sites excluding steroid dienone is 2. The molecule has 0 N–H and O–H groups in total. The fourth-order valence-electron chi connectivity index (χ4n) is 3.32. The highest BCUT2D eigenvalue weighted by Crippen LogP contribution is 2.30. The highest BCUT2D eigenvalue weighted by molar-refractivity contribution is 6.29. The molecule has 0 aliphatic carbocycles. The molecule has 3 atom stereocenters. The molecule has 0 aromatic heterocycles. The van der Waals surface area contributed by atoms with Crippen LogP contribution in [0.3, 0.4) is 0 Å². The molecule has 0 spiro atoms. The summed E-state index contributed by atoms with van der Waals surface area (Å²) in [7, 11) is 0. The molecular weight excluding hydrogens is 384 g/mol. The lowest BCUT2D eigenvalue weighted by molar-refractivity contribution is -0.154. The number of hydrogen-bond donors (Lipinski definition) is 0. The summed E-state index contributed by atoms with van der Waals surface area (Å²) in [5, 5.41) is 0.648. The van der Waals surface area contributed by atoms with Crippen LogP contribution >= 0.6 is 11.6 Å². The molecule has 4 heteroatoms. The SMILES string of the molecule is C#CC(OC(=O)C(C(C)C)C(C)C=C(C)Cl)c1cccc(Oc2ccccc2)c1. The second-order valence-corrected chi connectivity index (χ2v) is 7.95. The van der Waals surface area contributed by atoms with Crippen molar-refractivity contribution in [2.24, 2.45) is 17.8 Å². The molecule has 2 aromatic rings. The second-order valence-electron chi connectivity index (χ2n) is 7.35. The number of rotatable bonds is 8. The number of carbonyl (C=O) groups excluding carboxylic acids is 1. The normalized spacial score (nSPS) is 14.6. The molecule has 3 nitrogen and oxygen atoms in total. The fraction of sp³-hybridized carbons (Fsp3) is 0.320. The van der Waals surface area contributed by atoms with Crippen LogP contribution in [0.2, 0.25) is 0 Å². The van der Waals surface area contributed by atoms with Crippen molar-refractivity contribution in [2.75, 3.05) is 0 Å². The first kappa shape index (κ1) is 22.6. The van der Waals surface area contributed by atoms with Crippen molar-refractivity contribution in [1.82, 2.24) is 0 Å². The Morgan fingerprint density at radius 3 is 2.31 bits per heavy atom. The van der Waals surface area contributed by atoms with E-state index in [-0.39, 0.29) is 23.7 Å². The summed E-state index contributed by atoms with van der Waals surface area (Å²) in [6.07, 6.45) is 6.76. The van der Waals surface area contributed by atoms with Crippen LogP contribution < -0.4 is 4.74 Å². The van der Waals surface area contributed by atoms with Gasteiger partial charge in [-0.25, -0.2) is 0 Å². The van der Waals surface area contributed by atoms with Crippen LogP contribution in [0.25, 0.3) is 0 Å². The van der Waals surface area contributed by atoms with E-state index in [0.29, 0.717) is 16.3 Å². The second kappa shape index (κ2) is 10.7. The molecule has 2 aromatic carbocycles. The molecule has 0 aliphatic heterocycles. The molecule has 29 heavy (non-hydrogen) atoms. The van der Waals surface area contributed by atoms with E-state index in [4.69, 9.17) is 27.5 Å². The third-order valence-corrected chi connectivity index (χ3v) is 4.70. The van der Waals surface area contributed by atoms with E-state index in [1.54, 1.807) is 13.0 Å². The maximum Gasteiger partial charge on any atom is 0.311 e. The van der Waals surface area contributed by atoms with Gasteiger partial charge in [-0.05, 0) is 43.0 Å². The van der Waals surface area contributed by atoms with Crippen LogP contribution in [0.1, 0.15) is 39.4 Å². The third kappa shape index (κ3) is 6.69. The van der Waals surface area contributed by atoms with Gasteiger partial charge >= 0.3 is 5.97 Å². The summed E-state index contributed by atoms with van der Waals surface area (Å²) in [6.45, 7) is 7.72. The molecule has 0 fully saturated rings. The van der Waals surface area contributed by atoms with Crippen LogP contribution in [-0.2, 0) is 9.53 Å². The first-order valence-corrected chi connectivity index (χ1v) is 10.0.